The average molecular weight is 280 g/mol. The van der Waals surface area contributed by atoms with Crippen molar-refractivity contribution in [1.82, 2.24) is 20.4 Å². The SMILES string of the molecule is COCCNCCN(C)Cc1n[nH]c2c1CCCCC2. The fourth-order valence-corrected chi connectivity index (χ4v) is 2.76. The molecule has 0 spiro atoms. The zero-order valence-electron chi connectivity index (χ0n) is 12.9. The number of methoxy groups -OCH3 is 1. The van der Waals surface area contributed by atoms with Crippen LogP contribution in [0.25, 0.3) is 0 Å². The number of likely N-dealkylation sites (N-methyl/N-ethyl adjacent to an activating group) is 1. The van der Waals surface area contributed by atoms with Crippen molar-refractivity contribution in [2.75, 3.05) is 40.4 Å². The molecule has 0 radical (unpaired) electrons. The molecule has 2 rings (SSSR count). The summed E-state index contributed by atoms with van der Waals surface area (Å²) in [4.78, 5) is 2.33. The minimum Gasteiger partial charge on any atom is -0.383 e. The molecule has 0 aromatic carbocycles. The van der Waals surface area contributed by atoms with Gasteiger partial charge in [0.1, 0.15) is 0 Å². The number of aromatic nitrogens is 2. The summed E-state index contributed by atoms with van der Waals surface area (Å²) < 4.78 is 5.02. The van der Waals surface area contributed by atoms with Gasteiger partial charge in [-0.15, -0.1) is 0 Å². The molecule has 0 saturated heterocycles. The lowest BCUT2D eigenvalue weighted by Gasteiger charge is -2.16. The van der Waals surface area contributed by atoms with Crippen molar-refractivity contribution < 1.29 is 4.74 Å². The molecule has 1 aliphatic carbocycles. The van der Waals surface area contributed by atoms with Crippen molar-refractivity contribution in [1.29, 1.82) is 0 Å². The highest BCUT2D eigenvalue weighted by Gasteiger charge is 2.16. The van der Waals surface area contributed by atoms with Crippen LogP contribution in [0.2, 0.25) is 0 Å². The summed E-state index contributed by atoms with van der Waals surface area (Å²) in [5.74, 6) is 0. The van der Waals surface area contributed by atoms with E-state index in [1.165, 1.54) is 49.1 Å². The van der Waals surface area contributed by atoms with Crippen LogP contribution in [0, 0.1) is 0 Å². The van der Waals surface area contributed by atoms with Gasteiger partial charge in [-0.1, -0.05) is 6.42 Å². The third-order valence-electron chi connectivity index (χ3n) is 3.96. The molecule has 0 bridgehead atoms. The van der Waals surface area contributed by atoms with Crippen molar-refractivity contribution in [2.24, 2.45) is 0 Å². The molecule has 1 aliphatic rings. The molecule has 5 nitrogen and oxygen atoms in total. The van der Waals surface area contributed by atoms with Gasteiger partial charge in [0, 0.05) is 39.0 Å². The lowest BCUT2D eigenvalue weighted by atomic mass is 10.1. The third-order valence-corrected chi connectivity index (χ3v) is 3.96. The minimum atomic E-state index is 0.774. The van der Waals surface area contributed by atoms with E-state index in [0.717, 1.165) is 32.8 Å². The summed E-state index contributed by atoms with van der Waals surface area (Å²) in [6.07, 6.45) is 6.32. The smallest absolute Gasteiger partial charge is 0.0796 e. The number of aryl methyl sites for hydroxylation is 1. The second-order valence-electron chi connectivity index (χ2n) is 5.67. The zero-order valence-corrected chi connectivity index (χ0v) is 12.9. The van der Waals surface area contributed by atoms with Crippen LogP contribution in [0.1, 0.15) is 36.2 Å². The van der Waals surface area contributed by atoms with Crippen molar-refractivity contribution in [2.45, 2.75) is 38.6 Å². The molecule has 20 heavy (non-hydrogen) atoms. The molecule has 0 aliphatic heterocycles. The Labute approximate surface area is 122 Å². The fraction of sp³-hybridized carbons (Fsp3) is 0.800. The van der Waals surface area contributed by atoms with Crippen LogP contribution in [-0.2, 0) is 24.1 Å². The predicted molar refractivity (Wildman–Crippen MR) is 80.9 cm³/mol. The number of nitrogens with one attached hydrogen (secondary N) is 2. The highest BCUT2D eigenvalue weighted by Crippen LogP contribution is 2.22. The van der Waals surface area contributed by atoms with E-state index in [9.17, 15) is 0 Å². The topological polar surface area (TPSA) is 53.2 Å². The first-order chi connectivity index (χ1) is 9.81. The fourth-order valence-electron chi connectivity index (χ4n) is 2.76. The second kappa shape index (κ2) is 8.39. The molecule has 1 heterocycles. The molecule has 114 valence electrons. The Hall–Kier alpha value is -0.910. The number of nitrogens with zero attached hydrogens (tertiary/aromatic N) is 2. The Morgan fingerprint density at radius 1 is 1.25 bits per heavy atom. The van der Waals surface area contributed by atoms with Gasteiger partial charge in [-0.05, 0) is 38.3 Å². The Morgan fingerprint density at radius 2 is 2.10 bits per heavy atom. The highest BCUT2D eigenvalue weighted by molar-refractivity contribution is 5.26. The molecular weight excluding hydrogens is 252 g/mol. The van der Waals surface area contributed by atoms with Crippen LogP contribution < -0.4 is 5.32 Å². The number of hydrogen-bond donors (Lipinski definition) is 2. The highest BCUT2D eigenvalue weighted by atomic mass is 16.5. The van der Waals surface area contributed by atoms with Crippen LogP contribution >= 0.6 is 0 Å². The quantitative estimate of drug-likeness (QED) is 0.557. The van der Waals surface area contributed by atoms with E-state index in [1.54, 1.807) is 7.11 Å². The van der Waals surface area contributed by atoms with E-state index in [4.69, 9.17) is 4.74 Å². The summed E-state index contributed by atoms with van der Waals surface area (Å²) in [5, 5.41) is 11.2. The van der Waals surface area contributed by atoms with Gasteiger partial charge in [0.05, 0.1) is 12.3 Å². The standard InChI is InChI=1S/C15H28N4O/c1-19(10-8-16-9-11-20-2)12-15-13-6-4-3-5-7-14(13)17-18-15/h16H,3-12H2,1-2H3,(H,17,18). The molecule has 0 atom stereocenters. The van der Waals surface area contributed by atoms with Gasteiger partial charge >= 0.3 is 0 Å². The van der Waals surface area contributed by atoms with Gasteiger partial charge in [0.25, 0.3) is 0 Å². The number of H-pyrrole nitrogens is 1. The number of rotatable bonds is 8. The normalized spacial score (nSPS) is 15.3. The lowest BCUT2D eigenvalue weighted by Crippen LogP contribution is -2.31. The van der Waals surface area contributed by atoms with Crippen LogP contribution in [-0.4, -0.2) is 55.5 Å². The Morgan fingerprint density at radius 3 is 2.95 bits per heavy atom. The van der Waals surface area contributed by atoms with E-state index in [2.05, 4.69) is 27.5 Å². The maximum atomic E-state index is 5.02. The van der Waals surface area contributed by atoms with Crippen molar-refractivity contribution in [3.63, 3.8) is 0 Å². The number of hydrogen-bond acceptors (Lipinski definition) is 4. The van der Waals surface area contributed by atoms with E-state index in [1.807, 2.05) is 0 Å². The first kappa shape index (κ1) is 15.5. The average Bonchev–Trinajstić information content (AvgIpc) is 2.68. The van der Waals surface area contributed by atoms with E-state index >= 15 is 0 Å². The molecular formula is C15H28N4O. The summed E-state index contributed by atoms with van der Waals surface area (Å²) in [6.45, 7) is 4.66. The van der Waals surface area contributed by atoms with Gasteiger partial charge in [-0.2, -0.15) is 5.10 Å². The maximum Gasteiger partial charge on any atom is 0.0796 e. The molecule has 0 unspecified atom stereocenters. The monoisotopic (exact) mass is 280 g/mol. The van der Waals surface area contributed by atoms with Gasteiger partial charge in [0.2, 0.25) is 0 Å². The largest absolute Gasteiger partial charge is 0.383 e. The summed E-state index contributed by atoms with van der Waals surface area (Å²) >= 11 is 0. The first-order valence-electron chi connectivity index (χ1n) is 7.74. The van der Waals surface area contributed by atoms with E-state index < -0.39 is 0 Å². The van der Waals surface area contributed by atoms with Gasteiger partial charge in [-0.3, -0.25) is 10.00 Å². The molecule has 2 N–H and O–H groups in total. The Bertz CT molecular complexity index is 391. The third kappa shape index (κ3) is 4.58. The van der Waals surface area contributed by atoms with E-state index in [0.29, 0.717) is 0 Å². The molecule has 0 amide bonds. The molecule has 0 saturated carbocycles. The number of fused-ring (bicyclic) bond motifs is 1. The van der Waals surface area contributed by atoms with Crippen LogP contribution in [0.15, 0.2) is 0 Å². The van der Waals surface area contributed by atoms with E-state index in [-0.39, 0.29) is 0 Å². The number of ether oxygens (including phenoxy) is 1. The Kier molecular flexibility index (Phi) is 6.50. The minimum absolute atomic E-state index is 0.774. The van der Waals surface area contributed by atoms with Crippen LogP contribution in [0.3, 0.4) is 0 Å². The lowest BCUT2D eigenvalue weighted by molar-refractivity contribution is 0.197. The second-order valence-corrected chi connectivity index (χ2v) is 5.67. The predicted octanol–water partition coefficient (Wildman–Crippen LogP) is 1.35. The van der Waals surface area contributed by atoms with Crippen molar-refractivity contribution in [3.05, 3.63) is 17.0 Å². The molecule has 1 aromatic rings. The molecule has 1 aromatic heterocycles. The van der Waals surface area contributed by atoms with Gasteiger partial charge in [-0.25, -0.2) is 0 Å². The first-order valence-corrected chi connectivity index (χ1v) is 7.74. The number of aromatic amines is 1. The molecule has 5 heteroatoms. The maximum absolute atomic E-state index is 5.02. The van der Waals surface area contributed by atoms with Crippen LogP contribution in [0.4, 0.5) is 0 Å². The molecule has 0 fully saturated rings. The van der Waals surface area contributed by atoms with Crippen molar-refractivity contribution in [3.8, 4) is 0 Å². The zero-order chi connectivity index (χ0) is 14.2. The van der Waals surface area contributed by atoms with Gasteiger partial charge < -0.3 is 10.1 Å². The Balaban J connectivity index is 1.76. The summed E-state index contributed by atoms with van der Waals surface area (Å²) in [6, 6.07) is 0. The summed E-state index contributed by atoms with van der Waals surface area (Å²) in [7, 11) is 3.90. The van der Waals surface area contributed by atoms with Crippen LogP contribution in [0.5, 0.6) is 0 Å². The summed E-state index contributed by atoms with van der Waals surface area (Å²) in [5.41, 5.74) is 4.12. The van der Waals surface area contributed by atoms with Crippen molar-refractivity contribution >= 4 is 0 Å². The van der Waals surface area contributed by atoms with Gasteiger partial charge in [0.15, 0.2) is 0 Å².